The van der Waals surface area contributed by atoms with Crippen LogP contribution >= 0.6 is 23.2 Å². The summed E-state index contributed by atoms with van der Waals surface area (Å²) in [5.41, 5.74) is 2.75. The predicted molar refractivity (Wildman–Crippen MR) is 120 cm³/mol. The highest BCUT2D eigenvalue weighted by Gasteiger charge is 2.24. The Morgan fingerprint density at radius 1 is 1.03 bits per heavy atom. The number of cyclic esters (lactones) is 1. The molecule has 7 heteroatoms. The van der Waals surface area contributed by atoms with E-state index in [0.717, 1.165) is 5.56 Å². The van der Waals surface area contributed by atoms with Crippen molar-refractivity contribution in [3.05, 3.63) is 105 Å². The third-order valence-corrected chi connectivity index (χ3v) is 5.14. The van der Waals surface area contributed by atoms with Crippen LogP contribution in [0.5, 0.6) is 5.75 Å². The molecule has 1 heterocycles. The summed E-state index contributed by atoms with van der Waals surface area (Å²) >= 11 is 12.0. The number of hydrogen-bond donors (Lipinski definition) is 0. The van der Waals surface area contributed by atoms with Crippen molar-refractivity contribution >= 4 is 47.1 Å². The molecule has 0 aromatic heterocycles. The zero-order chi connectivity index (χ0) is 22.0. The van der Waals surface area contributed by atoms with Gasteiger partial charge in [0.15, 0.2) is 5.70 Å². The fraction of sp³-hybridized carbons (Fsp3) is 0.0417. The van der Waals surface area contributed by atoms with E-state index in [9.17, 15) is 9.59 Å². The molecule has 4 rings (SSSR count). The third-order valence-electron chi connectivity index (χ3n) is 4.49. The Balaban J connectivity index is 1.50. The highest BCUT2D eigenvalue weighted by Crippen LogP contribution is 2.24. The van der Waals surface area contributed by atoms with Crippen molar-refractivity contribution in [2.75, 3.05) is 0 Å². The molecule has 0 saturated heterocycles. The summed E-state index contributed by atoms with van der Waals surface area (Å²) in [6, 6.07) is 18.5. The van der Waals surface area contributed by atoms with Gasteiger partial charge in [0.05, 0.1) is 5.56 Å². The van der Waals surface area contributed by atoms with E-state index >= 15 is 0 Å². The van der Waals surface area contributed by atoms with Gasteiger partial charge in [-0.05, 0) is 66.6 Å². The number of esters is 2. The summed E-state index contributed by atoms with van der Waals surface area (Å²) in [4.78, 5) is 28.7. The third kappa shape index (κ3) is 4.85. The number of carbonyl (C=O) groups is 2. The summed E-state index contributed by atoms with van der Waals surface area (Å²) in [5.74, 6) is -0.507. The van der Waals surface area contributed by atoms with Gasteiger partial charge in [-0.15, -0.1) is 0 Å². The highest BCUT2D eigenvalue weighted by atomic mass is 35.5. The largest absolute Gasteiger partial charge is 0.423 e. The molecule has 1 aliphatic rings. The molecule has 3 aromatic rings. The van der Waals surface area contributed by atoms with Crippen LogP contribution in [0.4, 0.5) is 0 Å². The van der Waals surface area contributed by atoms with Crippen LogP contribution in [0.25, 0.3) is 6.08 Å². The van der Waals surface area contributed by atoms with Crippen LogP contribution in [-0.4, -0.2) is 17.8 Å². The number of aryl methyl sites for hydroxylation is 1. The van der Waals surface area contributed by atoms with Gasteiger partial charge in [-0.3, -0.25) is 0 Å². The molecule has 31 heavy (non-hydrogen) atoms. The van der Waals surface area contributed by atoms with Crippen molar-refractivity contribution in [3.63, 3.8) is 0 Å². The summed E-state index contributed by atoms with van der Waals surface area (Å²) in [6.07, 6.45) is 1.59. The van der Waals surface area contributed by atoms with Gasteiger partial charge in [-0.1, -0.05) is 47.5 Å². The van der Waals surface area contributed by atoms with E-state index in [1.165, 1.54) is 6.07 Å². The van der Waals surface area contributed by atoms with E-state index in [0.29, 0.717) is 32.5 Å². The Kier molecular flexibility index (Phi) is 5.89. The number of nitrogens with zero attached hydrogens (tertiary/aromatic N) is 1. The molecule has 0 spiro atoms. The number of carbonyl (C=O) groups excluding carboxylic acids is 2. The van der Waals surface area contributed by atoms with Crippen LogP contribution in [-0.2, 0) is 9.53 Å². The van der Waals surface area contributed by atoms with Gasteiger partial charge in [0.1, 0.15) is 5.75 Å². The van der Waals surface area contributed by atoms with Crippen LogP contribution in [0.3, 0.4) is 0 Å². The number of aliphatic imine (C=N–C) groups is 1. The maximum atomic E-state index is 12.2. The zero-order valence-corrected chi connectivity index (χ0v) is 17.8. The smallest absolute Gasteiger partial charge is 0.363 e. The maximum Gasteiger partial charge on any atom is 0.363 e. The number of ether oxygens (including phenoxy) is 2. The standard InChI is InChI=1S/C24H15Cl2NO4/c1-14-5-8-16(13-20(14)26)22-27-21(24(29)31-22)11-15-6-9-19(10-7-15)30-23(28)17-3-2-4-18(25)12-17/h2-13H,1H3/b21-11-. The maximum absolute atomic E-state index is 12.2. The van der Waals surface area contributed by atoms with Crippen LogP contribution in [0.1, 0.15) is 27.0 Å². The fourth-order valence-corrected chi connectivity index (χ4v) is 3.20. The zero-order valence-electron chi connectivity index (χ0n) is 16.3. The molecule has 5 nitrogen and oxygen atoms in total. The number of hydrogen-bond acceptors (Lipinski definition) is 5. The lowest BCUT2D eigenvalue weighted by Gasteiger charge is -2.05. The average Bonchev–Trinajstić information content (AvgIpc) is 3.11. The van der Waals surface area contributed by atoms with E-state index in [1.807, 2.05) is 13.0 Å². The minimum atomic E-state index is -0.553. The van der Waals surface area contributed by atoms with Crippen molar-refractivity contribution in [2.45, 2.75) is 6.92 Å². The van der Waals surface area contributed by atoms with Crippen molar-refractivity contribution in [2.24, 2.45) is 4.99 Å². The van der Waals surface area contributed by atoms with Crippen LogP contribution in [0.2, 0.25) is 10.0 Å². The second kappa shape index (κ2) is 8.76. The van der Waals surface area contributed by atoms with E-state index in [1.54, 1.807) is 60.7 Å². The first-order chi connectivity index (χ1) is 14.9. The Labute approximate surface area is 188 Å². The molecule has 0 radical (unpaired) electrons. The Morgan fingerprint density at radius 2 is 1.81 bits per heavy atom. The predicted octanol–water partition coefficient (Wildman–Crippen LogP) is 5.87. The summed E-state index contributed by atoms with van der Waals surface area (Å²) in [6.45, 7) is 1.88. The molecule has 0 aliphatic carbocycles. The number of rotatable bonds is 4. The van der Waals surface area contributed by atoms with Crippen molar-refractivity contribution in [1.29, 1.82) is 0 Å². The molecule has 0 bridgehead atoms. The molecule has 0 fully saturated rings. The molecule has 0 amide bonds. The van der Waals surface area contributed by atoms with Gasteiger partial charge in [-0.2, -0.15) is 0 Å². The van der Waals surface area contributed by atoms with Gasteiger partial charge >= 0.3 is 11.9 Å². The average molecular weight is 452 g/mol. The molecule has 0 saturated carbocycles. The van der Waals surface area contributed by atoms with E-state index in [4.69, 9.17) is 32.7 Å². The van der Waals surface area contributed by atoms with Crippen LogP contribution < -0.4 is 4.74 Å². The summed E-state index contributed by atoms with van der Waals surface area (Å²) < 4.78 is 10.6. The monoisotopic (exact) mass is 451 g/mol. The van der Waals surface area contributed by atoms with Gasteiger partial charge < -0.3 is 9.47 Å². The first-order valence-corrected chi connectivity index (χ1v) is 10.0. The van der Waals surface area contributed by atoms with E-state index < -0.39 is 11.9 Å². The molecular weight excluding hydrogens is 437 g/mol. The Bertz CT molecular complexity index is 1250. The highest BCUT2D eigenvalue weighted by molar-refractivity contribution is 6.32. The second-order valence-electron chi connectivity index (χ2n) is 6.77. The molecule has 0 N–H and O–H groups in total. The summed E-state index contributed by atoms with van der Waals surface area (Å²) in [5, 5.41) is 1.02. The van der Waals surface area contributed by atoms with Crippen molar-refractivity contribution < 1.29 is 19.1 Å². The Hall–Kier alpha value is -3.41. The van der Waals surface area contributed by atoms with E-state index in [-0.39, 0.29) is 11.6 Å². The second-order valence-corrected chi connectivity index (χ2v) is 7.61. The van der Waals surface area contributed by atoms with Gasteiger partial charge in [0.2, 0.25) is 5.90 Å². The lowest BCUT2D eigenvalue weighted by Crippen LogP contribution is -2.08. The van der Waals surface area contributed by atoms with Gasteiger partial charge in [-0.25, -0.2) is 14.6 Å². The molecule has 1 aliphatic heterocycles. The van der Waals surface area contributed by atoms with Crippen LogP contribution in [0.15, 0.2) is 77.4 Å². The first kappa shape index (κ1) is 20.8. The molecule has 154 valence electrons. The van der Waals surface area contributed by atoms with Crippen LogP contribution in [0, 0.1) is 6.92 Å². The molecule has 3 aromatic carbocycles. The minimum Gasteiger partial charge on any atom is -0.423 e. The lowest BCUT2D eigenvalue weighted by molar-refractivity contribution is -0.129. The normalized spacial score (nSPS) is 14.4. The van der Waals surface area contributed by atoms with Gasteiger partial charge in [0, 0.05) is 15.6 Å². The SMILES string of the molecule is Cc1ccc(C2=N/C(=C\c3ccc(OC(=O)c4cccc(Cl)c4)cc3)C(=O)O2)cc1Cl. The molecule has 0 unspecified atom stereocenters. The van der Waals surface area contributed by atoms with E-state index in [2.05, 4.69) is 4.99 Å². The summed E-state index contributed by atoms with van der Waals surface area (Å²) in [7, 11) is 0. The molecular formula is C24H15Cl2NO4. The topological polar surface area (TPSA) is 65.0 Å². The van der Waals surface area contributed by atoms with Crippen molar-refractivity contribution in [1.82, 2.24) is 0 Å². The van der Waals surface area contributed by atoms with Gasteiger partial charge in [0.25, 0.3) is 0 Å². The lowest BCUT2D eigenvalue weighted by atomic mass is 10.1. The Morgan fingerprint density at radius 3 is 2.52 bits per heavy atom. The quantitative estimate of drug-likeness (QED) is 0.282. The number of halogens is 2. The fourth-order valence-electron chi connectivity index (χ4n) is 2.83. The minimum absolute atomic E-state index is 0.162. The molecule has 0 atom stereocenters. The first-order valence-electron chi connectivity index (χ1n) is 9.26. The number of benzene rings is 3. The van der Waals surface area contributed by atoms with Crippen molar-refractivity contribution in [3.8, 4) is 5.75 Å².